The lowest BCUT2D eigenvalue weighted by Crippen LogP contribution is -2.41. The Morgan fingerprint density at radius 3 is 2.76 bits per heavy atom. The fourth-order valence-electron chi connectivity index (χ4n) is 2.66. The molecular weight excluding hydrogens is 266 g/mol. The number of aldehydes is 1. The lowest BCUT2D eigenvalue weighted by atomic mass is 9.94. The zero-order valence-electron chi connectivity index (χ0n) is 13.0. The Morgan fingerprint density at radius 2 is 2.10 bits per heavy atom. The smallest absolute Gasteiger partial charge is 0.410 e. The first-order valence-electron chi connectivity index (χ1n) is 7.45. The molecule has 1 aromatic carbocycles. The van der Waals surface area contributed by atoms with Gasteiger partial charge < -0.3 is 9.64 Å². The minimum absolute atomic E-state index is 0.00602. The van der Waals surface area contributed by atoms with E-state index in [0.29, 0.717) is 12.1 Å². The van der Waals surface area contributed by atoms with Gasteiger partial charge in [0.15, 0.2) is 0 Å². The van der Waals surface area contributed by atoms with Crippen LogP contribution in [0.25, 0.3) is 0 Å². The molecule has 1 atom stereocenters. The molecule has 0 aliphatic carbocycles. The summed E-state index contributed by atoms with van der Waals surface area (Å²) in [6.07, 6.45) is 3.54. The van der Waals surface area contributed by atoms with Gasteiger partial charge >= 0.3 is 6.09 Å². The van der Waals surface area contributed by atoms with Crippen molar-refractivity contribution in [3.63, 3.8) is 0 Å². The molecule has 1 amide bonds. The van der Waals surface area contributed by atoms with Crippen molar-refractivity contribution < 1.29 is 14.3 Å². The number of hydrogen-bond donors (Lipinski definition) is 0. The van der Waals surface area contributed by atoms with Gasteiger partial charge in [0.2, 0.25) is 0 Å². The molecule has 0 radical (unpaired) electrons. The first-order valence-corrected chi connectivity index (χ1v) is 7.45. The first kappa shape index (κ1) is 15.5. The summed E-state index contributed by atoms with van der Waals surface area (Å²) in [4.78, 5) is 25.1. The summed E-state index contributed by atoms with van der Waals surface area (Å²) in [7, 11) is 0. The van der Waals surface area contributed by atoms with Crippen molar-refractivity contribution in [2.24, 2.45) is 0 Å². The van der Waals surface area contributed by atoms with Gasteiger partial charge in [0.05, 0.1) is 6.04 Å². The van der Waals surface area contributed by atoms with Crippen LogP contribution in [0.15, 0.2) is 24.3 Å². The summed E-state index contributed by atoms with van der Waals surface area (Å²) >= 11 is 0. The van der Waals surface area contributed by atoms with Crippen molar-refractivity contribution in [3.8, 4) is 0 Å². The molecule has 0 spiro atoms. The van der Waals surface area contributed by atoms with Gasteiger partial charge in [-0.15, -0.1) is 0 Å². The van der Waals surface area contributed by atoms with Crippen LogP contribution in [0.1, 0.15) is 62.0 Å². The van der Waals surface area contributed by atoms with Crippen LogP contribution in [-0.2, 0) is 4.74 Å². The van der Waals surface area contributed by atoms with E-state index in [9.17, 15) is 9.59 Å². The Hall–Kier alpha value is -1.84. The number of carbonyl (C=O) groups is 2. The largest absolute Gasteiger partial charge is 0.444 e. The molecule has 0 N–H and O–H groups in total. The van der Waals surface area contributed by atoms with E-state index in [1.807, 2.05) is 39.0 Å². The van der Waals surface area contributed by atoms with Gasteiger partial charge in [-0.05, 0) is 51.7 Å². The van der Waals surface area contributed by atoms with Crippen molar-refractivity contribution in [1.29, 1.82) is 0 Å². The molecule has 0 aromatic heterocycles. The molecule has 0 bridgehead atoms. The fraction of sp³-hybridized carbons (Fsp3) is 0.529. The SMILES string of the molecule is CC(C)(C)OC(=O)N1CCCCC1c1cccc(C=O)c1. The van der Waals surface area contributed by atoms with Crippen molar-refractivity contribution in [1.82, 2.24) is 4.90 Å². The van der Waals surface area contributed by atoms with E-state index in [1.165, 1.54) is 0 Å². The Morgan fingerprint density at radius 1 is 1.33 bits per heavy atom. The Kier molecular flexibility index (Phi) is 4.66. The van der Waals surface area contributed by atoms with E-state index in [1.54, 1.807) is 11.0 Å². The third-order valence-corrected chi connectivity index (χ3v) is 3.56. The van der Waals surface area contributed by atoms with Gasteiger partial charge in [-0.2, -0.15) is 0 Å². The van der Waals surface area contributed by atoms with Gasteiger partial charge in [-0.3, -0.25) is 4.79 Å². The quantitative estimate of drug-likeness (QED) is 0.774. The second-order valence-electron chi connectivity index (χ2n) is 6.47. The number of benzene rings is 1. The van der Waals surface area contributed by atoms with Gasteiger partial charge in [-0.1, -0.05) is 18.2 Å². The number of amides is 1. The zero-order valence-corrected chi connectivity index (χ0v) is 13.0. The van der Waals surface area contributed by atoms with Crippen LogP contribution in [0.5, 0.6) is 0 Å². The monoisotopic (exact) mass is 289 g/mol. The molecule has 1 saturated heterocycles. The van der Waals surface area contributed by atoms with Crippen LogP contribution < -0.4 is 0 Å². The molecule has 114 valence electrons. The summed E-state index contributed by atoms with van der Waals surface area (Å²) in [6, 6.07) is 7.47. The predicted octanol–water partition coefficient (Wildman–Crippen LogP) is 3.96. The van der Waals surface area contributed by atoms with Crippen LogP contribution in [0, 0.1) is 0 Å². The summed E-state index contributed by atoms with van der Waals surface area (Å²) in [5, 5.41) is 0. The van der Waals surface area contributed by atoms with Crippen LogP contribution in [0.3, 0.4) is 0 Å². The van der Waals surface area contributed by atoms with Gasteiger partial charge in [0, 0.05) is 12.1 Å². The summed E-state index contributed by atoms with van der Waals surface area (Å²) in [5.74, 6) is 0. The number of likely N-dealkylation sites (tertiary alicyclic amines) is 1. The molecule has 1 aliphatic rings. The molecule has 21 heavy (non-hydrogen) atoms. The number of rotatable bonds is 2. The van der Waals surface area contributed by atoms with E-state index < -0.39 is 5.60 Å². The third-order valence-electron chi connectivity index (χ3n) is 3.56. The summed E-state index contributed by atoms with van der Waals surface area (Å²) in [5.41, 5.74) is 1.15. The first-order chi connectivity index (χ1) is 9.90. The van der Waals surface area contributed by atoms with Crippen LogP contribution in [-0.4, -0.2) is 29.4 Å². The second kappa shape index (κ2) is 6.29. The van der Waals surface area contributed by atoms with Crippen molar-refractivity contribution in [2.45, 2.75) is 51.7 Å². The highest BCUT2D eigenvalue weighted by atomic mass is 16.6. The molecule has 2 rings (SSSR count). The Bertz CT molecular complexity index is 519. The number of carbonyl (C=O) groups excluding carboxylic acids is 2. The van der Waals surface area contributed by atoms with Crippen LogP contribution >= 0.6 is 0 Å². The highest BCUT2D eigenvalue weighted by Gasteiger charge is 2.31. The minimum atomic E-state index is -0.496. The maximum absolute atomic E-state index is 12.4. The Labute approximate surface area is 126 Å². The van der Waals surface area contributed by atoms with Crippen molar-refractivity contribution in [2.75, 3.05) is 6.54 Å². The maximum atomic E-state index is 12.4. The maximum Gasteiger partial charge on any atom is 0.410 e. The third kappa shape index (κ3) is 4.06. The highest BCUT2D eigenvalue weighted by Crippen LogP contribution is 2.32. The Balaban J connectivity index is 2.22. The van der Waals surface area contributed by atoms with Gasteiger partial charge in [0.25, 0.3) is 0 Å². The number of ether oxygens (including phenoxy) is 1. The number of nitrogens with zero attached hydrogens (tertiary/aromatic N) is 1. The second-order valence-corrected chi connectivity index (χ2v) is 6.47. The molecule has 4 nitrogen and oxygen atoms in total. The molecule has 1 heterocycles. The van der Waals surface area contributed by atoms with E-state index >= 15 is 0 Å². The fourth-order valence-corrected chi connectivity index (χ4v) is 2.66. The summed E-state index contributed by atoms with van der Waals surface area (Å²) < 4.78 is 5.50. The summed E-state index contributed by atoms with van der Waals surface area (Å²) in [6.45, 7) is 6.31. The average molecular weight is 289 g/mol. The lowest BCUT2D eigenvalue weighted by molar-refractivity contribution is 0.00951. The normalized spacial score (nSPS) is 19.2. The molecule has 4 heteroatoms. The molecular formula is C17H23NO3. The zero-order chi connectivity index (χ0) is 15.5. The number of piperidine rings is 1. The van der Waals surface area contributed by atoms with Crippen LogP contribution in [0.4, 0.5) is 4.79 Å². The lowest BCUT2D eigenvalue weighted by Gasteiger charge is -2.37. The minimum Gasteiger partial charge on any atom is -0.444 e. The molecule has 1 unspecified atom stereocenters. The predicted molar refractivity (Wildman–Crippen MR) is 81.4 cm³/mol. The van der Waals surface area contributed by atoms with Gasteiger partial charge in [0.1, 0.15) is 11.9 Å². The van der Waals surface area contributed by atoms with Crippen molar-refractivity contribution in [3.05, 3.63) is 35.4 Å². The van der Waals surface area contributed by atoms with Crippen LogP contribution in [0.2, 0.25) is 0 Å². The van der Waals surface area contributed by atoms with E-state index in [2.05, 4.69) is 0 Å². The highest BCUT2D eigenvalue weighted by molar-refractivity contribution is 5.75. The topological polar surface area (TPSA) is 46.6 Å². The van der Waals surface area contributed by atoms with Crippen molar-refractivity contribution >= 4 is 12.4 Å². The average Bonchev–Trinajstić information content (AvgIpc) is 2.45. The van der Waals surface area contributed by atoms with E-state index in [-0.39, 0.29) is 12.1 Å². The van der Waals surface area contributed by atoms with E-state index in [4.69, 9.17) is 4.74 Å². The molecule has 1 fully saturated rings. The van der Waals surface area contributed by atoms with E-state index in [0.717, 1.165) is 31.1 Å². The molecule has 1 aliphatic heterocycles. The number of hydrogen-bond acceptors (Lipinski definition) is 3. The molecule has 0 saturated carbocycles. The van der Waals surface area contributed by atoms with Gasteiger partial charge in [-0.25, -0.2) is 4.79 Å². The standard InChI is InChI=1S/C17H23NO3/c1-17(2,3)21-16(20)18-10-5-4-9-15(18)14-8-6-7-13(11-14)12-19/h6-8,11-12,15H,4-5,9-10H2,1-3H3. The molecule has 1 aromatic rings.